The normalized spacial score (nSPS) is 9.07. The first-order chi connectivity index (χ1) is 7.27. The number of carbonyl (C=O) groups excluding carboxylic acids is 1. The molecule has 4 heteroatoms. The van der Waals surface area contributed by atoms with Crippen LogP contribution in [0.25, 0.3) is 0 Å². The fraction of sp³-hybridized carbons (Fsp3) is 0.273. The third kappa shape index (κ3) is 3.31. The second-order valence-corrected chi connectivity index (χ2v) is 2.70. The van der Waals surface area contributed by atoms with Crippen molar-refractivity contribution in [2.24, 2.45) is 0 Å². The van der Waals surface area contributed by atoms with Crippen molar-refractivity contribution in [1.82, 2.24) is 0 Å². The Morgan fingerprint density at radius 2 is 2.33 bits per heavy atom. The van der Waals surface area contributed by atoms with Gasteiger partial charge in [0.05, 0.1) is 12.2 Å². The van der Waals surface area contributed by atoms with Crippen molar-refractivity contribution in [2.75, 3.05) is 13.2 Å². The molecule has 0 aliphatic rings. The second kappa shape index (κ2) is 5.66. The van der Waals surface area contributed by atoms with Crippen molar-refractivity contribution < 1.29 is 14.3 Å². The third-order valence-electron chi connectivity index (χ3n) is 1.65. The van der Waals surface area contributed by atoms with Crippen molar-refractivity contribution in [3.63, 3.8) is 0 Å². The average molecular weight is 205 g/mol. The minimum atomic E-state index is -0.389. The lowest BCUT2D eigenvalue weighted by Crippen LogP contribution is -2.04. The Kier molecular flexibility index (Phi) is 4.17. The molecule has 0 radical (unpaired) electrons. The zero-order chi connectivity index (χ0) is 11.1. The van der Waals surface area contributed by atoms with Crippen LogP contribution in [0, 0.1) is 11.3 Å². The van der Waals surface area contributed by atoms with Crippen LogP contribution in [0.2, 0.25) is 0 Å². The SMILES string of the molecule is CCOC(=O)c1cccc(OCC#N)c1. The van der Waals surface area contributed by atoms with E-state index in [0.717, 1.165) is 0 Å². The summed E-state index contributed by atoms with van der Waals surface area (Å²) in [6.07, 6.45) is 0. The molecule has 0 amide bonds. The van der Waals surface area contributed by atoms with Crippen LogP contribution >= 0.6 is 0 Å². The number of nitrogens with zero attached hydrogens (tertiary/aromatic N) is 1. The van der Waals surface area contributed by atoms with Gasteiger partial charge in [0.15, 0.2) is 6.61 Å². The van der Waals surface area contributed by atoms with Gasteiger partial charge in [-0.1, -0.05) is 6.07 Å². The maximum Gasteiger partial charge on any atom is 0.338 e. The lowest BCUT2D eigenvalue weighted by Gasteiger charge is -2.04. The largest absolute Gasteiger partial charge is 0.479 e. The van der Waals surface area contributed by atoms with Crippen molar-refractivity contribution >= 4 is 5.97 Å². The highest BCUT2D eigenvalue weighted by molar-refractivity contribution is 5.89. The lowest BCUT2D eigenvalue weighted by atomic mass is 10.2. The topological polar surface area (TPSA) is 59.3 Å². The smallest absolute Gasteiger partial charge is 0.338 e. The second-order valence-electron chi connectivity index (χ2n) is 2.70. The number of esters is 1. The van der Waals surface area contributed by atoms with Gasteiger partial charge in [0.25, 0.3) is 0 Å². The molecule has 0 bridgehead atoms. The van der Waals surface area contributed by atoms with Crippen LogP contribution in [0.3, 0.4) is 0 Å². The van der Waals surface area contributed by atoms with Gasteiger partial charge in [-0.3, -0.25) is 0 Å². The van der Waals surface area contributed by atoms with Gasteiger partial charge in [-0.25, -0.2) is 4.79 Å². The van der Waals surface area contributed by atoms with Crippen molar-refractivity contribution in [1.29, 1.82) is 5.26 Å². The summed E-state index contributed by atoms with van der Waals surface area (Å²) in [5.41, 5.74) is 0.423. The highest BCUT2D eigenvalue weighted by Crippen LogP contribution is 2.13. The van der Waals surface area contributed by atoms with Crippen LogP contribution in [0.1, 0.15) is 17.3 Å². The molecule has 0 fully saturated rings. The number of benzene rings is 1. The predicted molar refractivity (Wildman–Crippen MR) is 53.5 cm³/mol. The van der Waals surface area contributed by atoms with Gasteiger partial charge in [-0.2, -0.15) is 5.26 Å². The molecule has 15 heavy (non-hydrogen) atoms. The van der Waals surface area contributed by atoms with Crippen molar-refractivity contribution in [2.45, 2.75) is 6.92 Å². The highest BCUT2D eigenvalue weighted by Gasteiger charge is 2.06. The molecule has 4 nitrogen and oxygen atoms in total. The zero-order valence-corrected chi connectivity index (χ0v) is 8.40. The Morgan fingerprint density at radius 3 is 3.00 bits per heavy atom. The Hall–Kier alpha value is -2.02. The predicted octanol–water partition coefficient (Wildman–Crippen LogP) is 1.77. The molecule has 78 valence electrons. The number of nitriles is 1. The average Bonchev–Trinajstić information content (AvgIpc) is 2.27. The van der Waals surface area contributed by atoms with Gasteiger partial charge < -0.3 is 9.47 Å². The Balaban J connectivity index is 2.74. The summed E-state index contributed by atoms with van der Waals surface area (Å²) in [4.78, 5) is 11.3. The van der Waals surface area contributed by atoms with E-state index < -0.39 is 0 Å². The molecule has 1 rings (SSSR count). The molecule has 0 N–H and O–H groups in total. The van der Waals surface area contributed by atoms with E-state index in [1.165, 1.54) is 0 Å². The number of carbonyl (C=O) groups is 1. The summed E-state index contributed by atoms with van der Waals surface area (Å²) < 4.78 is 9.88. The van der Waals surface area contributed by atoms with E-state index in [2.05, 4.69) is 0 Å². The molecule has 0 saturated carbocycles. The maximum absolute atomic E-state index is 11.3. The van der Waals surface area contributed by atoms with Gasteiger partial charge in [0.1, 0.15) is 11.8 Å². The van der Waals surface area contributed by atoms with Crippen molar-refractivity contribution in [3.05, 3.63) is 29.8 Å². The number of hydrogen-bond donors (Lipinski definition) is 0. The first kappa shape index (κ1) is 11.1. The number of hydrogen-bond acceptors (Lipinski definition) is 4. The summed E-state index contributed by atoms with van der Waals surface area (Å²) in [5.74, 6) is 0.0991. The summed E-state index contributed by atoms with van der Waals surface area (Å²) in [5, 5.41) is 8.32. The van der Waals surface area contributed by atoms with Gasteiger partial charge in [-0.15, -0.1) is 0 Å². The van der Waals surface area contributed by atoms with Crippen LogP contribution in [0.15, 0.2) is 24.3 Å². The third-order valence-corrected chi connectivity index (χ3v) is 1.65. The molecule has 1 aromatic rings. The molecule has 0 saturated heterocycles. The van der Waals surface area contributed by atoms with E-state index in [1.807, 2.05) is 6.07 Å². The van der Waals surface area contributed by atoms with Crippen LogP contribution in [-0.4, -0.2) is 19.2 Å². The van der Waals surface area contributed by atoms with E-state index in [9.17, 15) is 4.79 Å². The molecule has 0 atom stereocenters. The fourth-order valence-electron chi connectivity index (χ4n) is 1.04. The molecule has 0 aliphatic heterocycles. The fourth-order valence-corrected chi connectivity index (χ4v) is 1.04. The maximum atomic E-state index is 11.3. The standard InChI is InChI=1S/C11H11NO3/c1-2-14-11(13)9-4-3-5-10(8-9)15-7-6-12/h3-5,8H,2,7H2,1H3. The van der Waals surface area contributed by atoms with Crippen LogP contribution in [0.4, 0.5) is 0 Å². The zero-order valence-electron chi connectivity index (χ0n) is 8.40. The molecule has 0 heterocycles. The quantitative estimate of drug-likeness (QED) is 0.703. The summed E-state index contributed by atoms with van der Waals surface area (Å²) in [6, 6.07) is 8.40. The molecule has 0 aromatic heterocycles. The summed E-state index contributed by atoms with van der Waals surface area (Å²) in [7, 11) is 0. The van der Waals surface area contributed by atoms with Crippen LogP contribution < -0.4 is 4.74 Å². The van der Waals surface area contributed by atoms with E-state index in [4.69, 9.17) is 14.7 Å². The minimum Gasteiger partial charge on any atom is -0.479 e. The first-order valence-corrected chi connectivity index (χ1v) is 4.55. The molecular formula is C11H11NO3. The lowest BCUT2D eigenvalue weighted by molar-refractivity contribution is 0.0526. The van der Waals surface area contributed by atoms with Gasteiger partial charge >= 0.3 is 5.97 Å². The Labute approximate surface area is 88.0 Å². The first-order valence-electron chi connectivity index (χ1n) is 4.55. The van der Waals surface area contributed by atoms with Gasteiger partial charge in [0, 0.05) is 0 Å². The summed E-state index contributed by atoms with van der Waals surface area (Å²) in [6.45, 7) is 2.04. The van der Waals surface area contributed by atoms with Crippen LogP contribution in [0.5, 0.6) is 5.75 Å². The molecule has 0 aliphatic carbocycles. The highest BCUT2D eigenvalue weighted by atomic mass is 16.5. The Bertz CT molecular complexity index is 382. The molecule has 1 aromatic carbocycles. The molecule has 0 unspecified atom stereocenters. The summed E-state index contributed by atoms with van der Waals surface area (Å²) >= 11 is 0. The Morgan fingerprint density at radius 1 is 1.53 bits per heavy atom. The molecular weight excluding hydrogens is 194 g/mol. The molecule has 0 spiro atoms. The van der Waals surface area contributed by atoms with E-state index in [1.54, 1.807) is 31.2 Å². The van der Waals surface area contributed by atoms with Gasteiger partial charge in [0.2, 0.25) is 0 Å². The van der Waals surface area contributed by atoms with Crippen molar-refractivity contribution in [3.8, 4) is 11.8 Å². The van der Waals surface area contributed by atoms with Gasteiger partial charge in [-0.05, 0) is 25.1 Å². The van der Waals surface area contributed by atoms with Crippen LogP contribution in [-0.2, 0) is 4.74 Å². The minimum absolute atomic E-state index is 0.0354. The van der Waals surface area contributed by atoms with E-state index in [-0.39, 0.29) is 12.6 Å². The number of ether oxygens (including phenoxy) is 2. The number of rotatable bonds is 4. The van der Waals surface area contributed by atoms with E-state index in [0.29, 0.717) is 17.9 Å². The monoisotopic (exact) mass is 205 g/mol. The van der Waals surface area contributed by atoms with E-state index >= 15 is 0 Å².